The van der Waals surface area contributed by atoms with E-state index < -0.39 is 9.84 Å². The van der Waals surface area contributed by atoms with Gasteiger partial charge in [0.05, 0.1) is 11.4 Å². The van der Waals surface area contributed by atoms with Gasteiger partial charge >= 0.3 is 0 Å². The molecule has 0 radical (unpaired) electrons. The molecule has 1 rings (SSSR count). The first kappa shape index (κ1) is 17.2. The minimum atomic E-state index is -3.35. The highest BCUT2D eigenvalue weighted by Gasteiger charge is 2.24. The van der Waals surface area contributed by atoms with Gasteiger partial charge in [0.15, 0.2) is 0 Å². The van der Waals surface area contributed by atoms with Gasteiger partial charge in [0.1, 0.15) is 0 Å². The molecule has 0 bridgehead atoms. The Morgan fingerprint density at radius 3 is 2.40 bits per heavy atom. The lowest BCUT2D eigenvalue weighted by atomic mass is 10.2. The van der Waals surface area contributed by atoms with Crippen LogP contribution >= 0.6 is 0 Å². The molecule has 1 N–H and O–H groups in total. The maximum absolute atomic E-state index is 12.4. The molecule has 6 heteroatoms. The highest BCUT2D eigenvalue weighted by molar-refractivity contribution is 7.91. The number of hydrogen-bond acceptors (Lipinski definition) is 4. The fraction of sp³-hybridized carbons (Fsp3) is 0.786. The first-order chi connectivity index (χ1) is 9.29. The second-order valence-electron chi connectivity index (χ2n) is 5.67. The van der Waals surface area contributed by atoms with Crippen LogP contribution in [0.4, 0.5) is 0 Å². The van der Waals surface area contributed by atoms with Crippen molar-refractivity contribution in [3.8, 4) is 0 Å². The maximum Gasteiger partial charge on any atom is 0.228 e. The molecule has 0 atom stereocenters. The van der Waals surface area contributed by atoms with Gasteiger partial charge in [-0.05, 0) is 32.6 Å². The number of aliphatic hydroxyl groups is 1. The Kier molecular flexibility index (Phi) is 6.20. The molecular formula is C14H26N2O3S. The van der Waals surface area contributed by atoms with Gasteiger partial charge in [-0.1, -0.05) is 20.3 Å². The molecule has 0 spiro atoms. The van der Waals surface area contributed by atoms with E-state index in [1.54, 1.807) is 0 Å². The summed E-state index contributed by atoms with van der Waals surface area (Å²) < 4.78 is 26.7. The van der Waals surface area contributed by atoms with E-state index in [1.807, 2.05) is 18.4 Å². The summed E-state index contributed by atoms with van der Waals surface area (Å²) in [6.07, 6.45) is 1.93. The van der Waals surface area contributed by atoms with Crippen LogP contribution in [-0.2, 0) is 16.4 Å². The molecule has 1 heterocycles. The SMILES string of the molecule is Cc1nc(S(=O)(=O)CCCCCO)n(CC(C)C)c1C. The zero-order valence-electron chi connectivity index (χ0n) is 12.9. The molecule has 0 saturated heterocycles. The number of nitrogens with zero attached hydrogens (tertiary/aromatic N) is 2. The van der Waals surface area contributed by atoms with E-state index in [9.17, 15) is 8.42 Å². The molecule has 1 aromatic heterocycles. The molecule has 116 valence electrons. The van der Waals surface area contributed by atoms with Crippen molar-refractivity contribution in [1.29, 1.82) is 0 Å². The molecule has 0 aromatic carbocycles. The Hall–Kier alpha value is -0.880. The van der Waals surface area contributed by atoms with E-state index in [0.717, 1.165) is 17.8 Å². The first-order valence-electron chi connectivity index (χ1n) is 7.17. The first-order valence-corrected chi connectivity index (χ1v) is 8.82. The molecule has 0 fully saturated rings. The predicted octanol–water partition coefficient (Wildman–Crippen LogP) is 2.09. The highest BCUT2D eigenvalue weighted by atomic mass is 32.2. The van der Waals surface area contributed by atoms with Gasteiger partial charge in [-0.3, -0.25) is 0 Å². The predicted molar refractivity (Wildman–Crippen MR) is 79.5 cm³/mol. The number of rotatable bonds is 8. The van der Waals surface area contributed by atoms with Gasteiger partial charge in [-0.2, -0.15) is 0 Å². The van der Waals surface area contributed by atoms with Crippen molar-refractivity contribution < 1.29 is 13.5 Å². The monoisotopic (exact) mass is 302 g/mol. The molecule has 5 nitrogen and oxygen atoms in total. The van der Waals surface area contributed by atoms with Gasteiger partial charge in [0, 0.05) is 18.8 Å². The van der Waals surface area contributed by atoms with Crippen molar-refractivity contribution >= 4 is 9.84 Å². The number of sulfone groups is 1. The molecule has 0 aliphatic carbocycles. The fourth-order valence-electron chi connectivity index (χ4n) is 2.11. The van der Waals surface area contributed by atoms with E-state index in [4.69, 9.17) is 5.11 Å². The number of unbranched alkanes of at least 4 members (excludes halogenated alkanes) is 2. The Morgan fingerprint density at radius 1 is 1.20 bits per heavy atom. The van der Waals surface area contributed by atoms with Crippen molar-refractivity contribution in [2.45, 2.75) is 58.7 Å². The van der Waals surface area contributed by atoms with Crippen molar-refractivity contribution in [2.24, 2.45) is 5.92 Å². The van der Waals surface area contributed by atoms with Gasteiger partial charge < -0.3 is 9.67 Å². The quantitative estimate of drug-likeness (QED) is 0.746. The van der Waals surface area contributed by atoms with Crippen LogP contribution in [0.1, 0.15) is 44.5 Å². The molecule has 0 aliphatic rings. The van der Waals surface area contributed by atoms with E-state index in [1.165, 1.54) is 0 Å². The Bertz CT molecular complexity index is 533. The van der Waals surface area contributed by atoms with Crippen LogP contribution in [0.2, 0.25) is 0 Å². The third kappa shape index (κ3) is 4.31. The fourth-order valence-corrected chi connectivity index (χ4v) is 3.70. The summed E-state index contributed by atoms with van der Waals surface area (Å²) in [6.45, 7) is 8.66. The summed E-state index contributed by atoms with van der Waals surface area (Å²) in [4.78, 5) is 4.26. The average Bonchev–Trinajstić information content (AvgIpc) is 2.63. The number of hydrogen-bond donors (Lipinski definition) is 1. The number of imidazole rings is 1. The topological polar surface area (TPSA) is 72.2 Å². The third-order valence-corrected chi connectivity index (χ3v) is 5.01. The van der Waals surface area contributed by atoms with Gasteiger partial charge in [0.2, 0.25) is 15.0 Å². The van der Waals surface area contributed by atoms with Crippen molar-refractivity contribution in [2.75, 3.05) is 12.4 Å². The van der Waals surface area contributed by atoms with E-state index in [-0.39, 0.29) is 17.5 Å². The van der Waals surface area contributed by atoms with Crippen LogP contribution < -0.4 is 0 Å². The normalized spacial score (nSPS) is 12.3. The number of aryl methyl sites for hydroxylation is 1. The summed E-state index contributed by atoms with van der Waals surface area (Å²) in [5, 5.41) is 8.93. The second kappa shape index (κ2) is 7.22. The van der Waals surface area contributed by atoms with E-state index in [2.05, 4.69) is 18.8 Å². The van der Waals surface area contributed by atoms with Crippen molar-refractivity contribution in [1.82, 2.24) is 9.55 Å². The number of aromatic nitrogens is 2. The van der Waals surface area contributed by atoms with Gasteiger partial charge in [-0.25, -0.2) is 13.4 Å². The average molecular weight is 302 g/mol. The van der Waals surface area contributed by atoms with Gasteiger partial charge in [0.25, 0.3) is 0 Å². The molecule has 0 saturated carbocycles. The summed E-state index contributed by atoms with van der Waals surface area (Å²) in [5.41, 5.74) is 1.70. The Morgan fingerprint density at radius 2 is 1.85 bits per heavy atom. The molecule has 20 heavy (non-hydrogen) atoms. The largest absolute Gasteiger partial charge is 0.396 e. The molecular weight excluding hydrogens is 276 g/mol. The minimum Gasteiger partial charge on any atom is -0.396 e. The molecule has 1 aromatic rings. The second-order valence-corrected chi connectivity index (χ2v) is 7.68. The Labute approximate surface area is 122 Å². The summed E-state index contributed by atoms with van der Waals surface area (Å²) in [6, 6.07) is 0. The summed E-state index contributed by atoms with van der Waals surface area (Å²) in [5.74, 6) is 0.465. The van der Waals surface area contributed by atoms with Crippen LogP contribution in [0.15, 0.2) is 5.16 Å². The van der Waals surface area contributed by atoms with Crippen LogP contribution in [0.5, 0.6) is 0 Å². The van der Waals surface area contributed by atoms with Crippen LogP contribution in [0.25, 0.3) is 0 Å². The molecule has 0 aliphatic heterocycles. The van der Waals surface area contributed by atoms with E-state index in [0.29, 0.717) is 25.3 Å². The number of aliphatic hydroxyl groups excluding tert-OH is 1. The third-order valence-electron chi connectivity index (χ3n) is 3.32. The summed E-state index contributed by atoms with van der Waals surface area (Å²) >= 11 is 0. The molecule has 0 unspecified atom stereocenters. The van der Waals surface area contributed by atoms with Crippen LogP contribution in [0.3, 0.4) is 0 Å². The Balaban J connectivity index is 2.96. The lowest BCUT2D eigenvalue weighted by Gasteiger charge is -2.12. The van der Waals surface area contributed by atoms with Crippen molar-refractivity contribution in [3.63, 3.8) is 0 Å². The standard InChI is InChI=1S/C14H26N2O3S/c1-11(2)10-16-13(4)12(3)15-14(16)20(18,19)9-7-5-6-8-17/h11,17H,5-10H2,1-4H3. The lowest BCUT2D eigenvalue weighted by Crippen LogP contribution is -2.17. The van der Waals surface area contributed by atoms with Crippen LogP contribution in [-0.4, -0.2) is 35.4 Å². The van der Waals surface area contributed by atoms with E-state index >= 15 is 0 Å². The molecule has 0 amide bonds. The smallest absolute Gasteiger partial charge is 0.228 e. The summed E-state index contributed by atoms with van der Waals surface area (Å²) in [7, 11) is -3.35. The zero-order chi connectivity index (χ0) is 15.3. The van der Waals surface area contributed by atoms with Gasteiger partial charge in [-0.15, -0.1) is 0 Å². The minimum absolute atomic E-state index is 0.0982. The lowest BCUT2D eigenvalue weighted by molar-refractivity contribution is 0.284. The maximum atomic E-state index is 12.4. The highest BCUT2D eigenvalue weighted by Crippen LogP contribution is 2.19. The zero-order valence-corrected chi connectivity index (χ0v) is 13.7. The van der Waals surface area contributed by atoms with Crippen LogP contribution in [0, 0.1) is 19.8 Å². The van der Waals surface area contributed by atoms with Crippen molar-refractivity contribution in [3.05, 3.63) is 11.4 Å².